The molecule has 2 atom stereocenters. The highest BCUT2D eigenvalue weighted by Crippen LogP contribution is 2.27. The summed E-state index contributed by atoms with van der Waals surface area (Å²) in [6.45, 7) is 1.62. The first-order chi connectivity index (χ1) is 23.7. The first-order valence-corrected chi connectivity index (χ1v) is 18.5. The smallest absolute Gasteiger partial charge is 0.245 e. The van der Waals surface area contributed by atoms with E-state index >= 15 is 0 Å². The van der Waals surface area contributed by atoms with Crippen molar-refractivity contribution in [2.45, 2.75) is 129 Å². The van der Waals surface area contributed by atoms with E-state index in [4.69, 9.17) is 11.6 Å². The lowest BCUT2D eigenvalue weighted by Crippen LogP contribution is -2.46. The van der Waals surface area contributed by atoms with Gasteiger partial charge in [-0.2, -0.15) is 5.10 Å². The fourth-order valence-corrected chi connectivity index (χ4v) is 7.37. The van der Waals surface area contributed by atoms with Gasteiger partial charge >= 0.3 is 0 Å². The molecule has 0 aliphatic carbocycles. The minimum absolute atomic E-state index is 0.00383. The Hall–Kier alpha value is -3.53. The van der Waals surface area contributed by atoms with E-state index in [1.54, 1.807) is 12.1 Å². The van der Waals surface area contributed by atoms with Gasteiger partial charge in [-0.25, -0.2) is 8.78 Å². The maximum atomic E-state index is 15.0. The molecule has 0 radical (unpaired) electrons. The third kappa shape index (κ3) is 10.0. The van der Waals surface area contributed by atoms with Gasteiger partial charge in [0.1, 0.15) is 30.3 Å². The van der Waals surface area contributed by atoms with Crippen LogP contribution in [0.1, 0.15) is 118 Å². The van der Waals surface area contributed by atoms with E-state index in [-0.39, 0.29) is 48.1 Å². The molecule has 1 saturated heterocycles. The van der Waals surface area contributed by atoms with Crippen LogP contribution in [0.5, 0.6) is 0 Å². The average molecular weight is 698 g/mol. The summed E-state index contributed by atoms with van der Waals surface area (Å²) in [4.78, 5) is 40.6. The maximum Gasteiger partial charge on any atom is 0.245 e. The van der Waals surface area contributed by atoms with Crippen LogP contribution in [0.25, 0.3) is 10.9 Å². The third-order valence-corrected chi connectivity index (χ3v) is 10.1. The number of anilines is 1. The summed E-state index contributed by atoms with van der Waals surface area (Å²) in [6, 6.07) is 7.93. The fraction of sp³-hybridized carbons (Fsp3) is 0.579. The van der Waals surface area contributed by atoms with Crippen molar-refractivity contribution in [2.75, 3.05) is 18.4 Å². The highest BCUT2D eigenvalue weighted by atomic mass is 35.5. The van der Waals surface area contributed by atoms with Crippen LogP contribution in [0.3, 0.4) is 0 Å². The van der Waals surface area contributed by atoms with Gasteiger partial charge in [0.15, 0.2) is 5.78 Å². The normalized spacial score (nSPS) is 21.6. The van der Waals surface area contributed by atoms with E-state index in [2.05, 4.69) is 15.7 Å². The van der Waals surface area contributed by atoms with E-state index in [9.17, 15) is 23.2 Å². The topological polar surface area (TPSA) is 96.3 Å². The number of alkyl halides is 1. The van der Waals surface area contributed by atoms with E-state index < -0.39 is 29.8 Å². The van der Waals surface area contributed by atoms with E-state index in [0.29, 0.717) is 10.9 Å². The molecule has 3 aliphatic rings. The molecule has 266 valence electrons. The van der Waals surface area contributed by atoms with Gasteiger partial charge in [0, 0.05) is 43.1 Å². The molecule has 2 amide bonds. The molecule has 4 heterocycles. The van der Waals surface area contributed by atoms with Gasteiger partial charge in [-0.1, -0.05) is 88.3 Å². The zero-order valence-electron chi connectivity index (χ0n) is 28.7. The molecule has 8 nitrogen and oxygen atoms in total. The molecule has 3 aromatic rings. The van der Waals surface area contributed by atoms with Crippen LogP contribution in [0, 0.1) is 5.82 Å². The average Bonchev–Trinajstić information content (AvgIpc) is 3.65. The van der Waals surface area contributed by atoms with Crippen molar-refractivity contribution in [3.63, 3.8) is 0 Å². The number of hydrogen-bond donors (Lipinski definition) is 2. The number of benzene rings is 2. The molecule has 11 heteroatoms. The Kier molecular flexibility index (Phi) is 13.4. The second kappa shape index (κ2) is 17.9. The molecule has 6 rings (SSSR count). The highest BCUT2D eigenvalue weighted by molar-refractivity contribution is 6.30. The van der Waals surface area contributed by atoms with Crippen LogP contribution in [-0.4, -0.2) is 57.6 Å². The molecular weight excluding hydrogens is 648 g/mol. The number of fused-ring (bicyclic) bond motifs is 19. The van der Waals surface area contributed by atoms with Gasteiger partial charge in [0.25, 0.3) is 0 Å². The summed E-state index contributed by atoms with van der Waals surface area (Å²) in [6.07, 6.45) is 14.8. The van der Waals surface area contributed by atoms with Crippen molar-refractivity contribution in [2.24, 2.45) is 0 Å². The van der Waals surface area contributed by atoms with Crippen LogP contribution >= 0.6 is 11.6 Å². The highest BCUT2D eigenvalue weighted by Gasteiger charge is 2.40. The number of carbonyl (C=O) groups is 3. The molecule has 0 spiro atoms. The monoisotopic (exact) mass is 697 g/mol. The zero-order valence-corrected chi connectivity index (χ0v) is 29.4. The zero-order chi connectivity index (χ0) is 34.8. The number of aryl methyl sites for hydroxylation is 1. The van der Waals surface area contributed by atoms with Gasteiger partial charge in [0.2, 0.25) is 11.8 Å². The number of nitrogens with zero attached hydrogens (tertiary/aromatic N) is 3. The van der Waals surface area contributed by atoms with Gasteiger partial charge in [-0.15, -0.1) is 0 Å². The standard InChI is InChI=1S/C38H50ClF2N5O3/c1-26(47)37-31-22-30-16-17-33(31)46(44-37)25-35(48)45-24-29(40)21-34(45)38(49)43-23-28-19-27(20-32(39)36(28)41)15-13-11-9-7-5-3-2-4-6-8-10-12-14-18-42-30/h16-17,19-20,22,29,34,42H,2-15,18,21,23-25H2,1H3,(H,43,49)/t29-,34+/m1/s1. The summed E-state index contributed by atoms with van der Waals surface area (Å²) in [5, 5.41) is 11.3. The summed E-state index contributed by atoms with van der Waals surface area (Å²) < 4.78 is 31.1. The fourth-order valence-electron chi connectivity index (χ4n) is 7.11. The SMILES string of the molecule is CC(=O)c1nn2c3ccc(cc13)NCCCCCCCCCCCCCCCc1cc(Cl)c(F)c(c1)CNC(=O)[C@@H]1C[C@@H](F)CN1C(=O)C2. The molecule has 0 saturated carbocycles. The molecule has 1 aromatic heterocycles. The second-order valence-corrected chi connectivity index (χ2v) is 14.1. The lowest BCUT2D eigenvalue weighted by atomic mass is 10.0. The van der Waals surface area contributed by atoms with Crippen molar-refractivity contribution >= 4 is 45.8 Å². The molecule has 0 unspecified atom stereocenters. The van der Waals surface area contributed by atoms with Crippen LogP contribution in [-0.2, 0) is 29.1 Å². The molecular formula is C38H50ClF2N5O3. The first-order valence-electron chi connectivity index (χ1n) is 18.1. The van der Waals surface area contributed by atoms with Crippen LogP contribution in [0.4, 0.5) is 14.5 Å². The number of rotatable bonds is 1. The maximum absolute atomic E-state index is 15.0. The van der Waals surface area contributed by atoms with Crippen molar-refractivity contribution in [3.8, 4) is 0 Å². The van der Waals surface area contributed by atoms with Gasteiger partial charge in [-0.3, -0.25) is 19.1 Å². The van der Waals surface area contributed by atoms with Crippen molar-refractivity contribution < 1.29 is 23.2 Å². The Morgan fingerprint density at radius 2 is 1.55 bits per heavy atom. The summed E-state index contributed by atoms with van der Waals surface area (Å²) in [5.74, 6) is -1.88. The minimum atomic E-state index is -1.38. The molecule has 2 N–H and O–H groups in total. The van der Waals surface area contributed by atoms with Crippen molar-refractivity contribution in [3.05, 3.63) is 58.0 Å². The number of hydrogen-bond acceptors (Lipinski definition) is 5. The predicted octanol–water partition coefficient (Wildman–Crippen LogP) is 8.33. The third-order valence-electron chi connectivity index (χ3n) is 9.83. The summed E-state index contributed by atoms with van der Waals surface area (Å²) >= 11 is 6.23. The first kappa shape index (κ1) is 36.7. The summed E-state index contributed by atoms with van der Waals surface area (Å²) in [5.41, 5.74) is 2.89. The van der Waals surface area contributed by atoms with Crippen molar-refractivity contribution in [1.82, 2.24) is 20.0 Å². The number of nitrogens with one attached hydrogen (secondary N) is 2. The second-order valence-electron chi connectivity index (χ2n) is 13.7. The van der Waals surface area contributed by atoms with Crippen LogP contribution in [0.15, 0.2) is 30.3 Å². The molecule has 49 heavy (non-hydrogen) atoms. The van der Waals surface area contributed by atoms with E-state index in [1.807, 2.05) is 18.2 Å². The summed E-state index contributed by atoms with van der Waals surface area (Å²) in [7, 11) is 0. The lowest BCUT2D eigenvalue weighted by Gasteiger charge is -2.24. The molecule has 2 aromatic carbocycles. The van der Waals surface area contributed by atoms with E-state index in [1.165, 1.54) is 74.3 Å². The lowest BCUT2D eigenvalue weighted by molar-refractivity contribution is -0.139. The Morgan fingerprint density at radius 3 is 2.22 bits per heavy atom. The number of amides is 2. The van der Waals surface area contributed by atoms with E-state index in [0.717, 1.165) is 49.9 Å². The molecule has 3 aliphatic heterocycles. The number of carbonyl (C=O) groups excluding carboxylic acids is 3. The largest absolute Gasteiger partial charge is 0.385 e. The van der Waals surface area contributed by atoms with Gasteiger partial charge in [-0.05, 0) is 49.1 Å². The van der Waals surface area contributed by atoms with Gasteiger partial charge < -0.3 is 15.5 Å². The number of aromatic nitrogens is 2. The Morgan fingerprint density at radius 1 is 0.898 bits per heavy atom. The van der Waals surface area contributed by atoms with Crippen molar-refractivity contribution in [1.29, 1.82) is 0 Å². The van der Waals surface area contributed by atoms with Crippen LogP contribution < -0.4 is 10.6 Å². The quantitative estimate of drug-likeness (QED) is 0.249. The number of ketones is 1. The Labute approximate surface area is 293 Å². The minimum Gasteiger partial charge on any atom is -0.385 e. The van der Waals surface area contributed by atoms with Crippen LogP contribution in [0.2, 0.25) is 5.02 Å². The Bertz CT molecular complexity index is 1610. The molecule has 1 fully saturated rings. The molecule has 6 bridgehead atoms. The van der Waals surface area contributed by atoms with Gasteiger partial charge in [0.05, 0.1) is 17.1 Å². The predicted molar refractivity (Wildman–Crippen MR) is 190 cm³/mol. The Balaban J connectivity index is 1.31. The number of Topliss-reactive ketones (excluding diaryl/α,β-unsaturated/α-hetero) is 1. The number of halogens is 3.